The first-order valence-corrected chi connectivity index (χ1v) is 39.4. The lowest BCUT2D eigenvalue weighted by atomic mass is 10.1. The molecule has 0 amide bonds. The van der Waals surface area contributed by atoms with Crippen molar-refractivity contribution in [2.75, 3.05) is 0 Å². The van der Waals surface area contributed by atoms with Crippen LogP contribution in [-0.2, 0) is 0 Å². The Balaban J connectivity index is 0.000000115. The molecule has 0 saturated heterocycles. The first kappa shape index (κ1) is 70.5. The van der Waals surface area contributed by atoms with Crippen LogP contribution in [0.3, 0.4) is 0 Å². The van der Waals surface area contributed by atoms with E-state index in [0.29, 0.717) is 29.1 Å². The summed E-state index contributed by atoms with van der Waals surface area (Å²) in [5, 5.41) is 6.82. The lowest BCUT2D eigenvalue weighted by Crippen LogP contribution is -2.01. The van der Waals surface area contributed by atoms with Gasteiger partial charge in [-0.3, -0.25) is 13.7 Å². The molecule has 0 aliphatic carbocycles. The maximum atomic E-state index is 5.02. The van der Waals surface area contributed by atoms with Crippen LogP contribution >= 0.6 is 47.8 Å². The Hall–Kier alpha value is -13.9. The zero-order valence-electron chi connectivity index (χ0n) is 60.7. The third-order valence-electron chi connectivity index (χ3n) is 20.0. The molecular formula is C98H62Br3N13. The summed E-state index contributed by atoms with van der Waals surface area (Å²) in [5.41, 5.74) is 21.6. The minimum absolute atomic E-state index is 0.621. The number of hydrogen-bond acceptors (Lipinski definition) is 10. The molecule has 16 heteroatoms. The van der Waals surface area contributed by atoms with Gasteiger partial charge in [0.1, 0.15) is 16.9 Å². The second-order valence-corrected chi connectivity index (χ2v) is 29.9. The molecule has 21 aromatic rings. The minimum Gasteiger partial charge on any atom is -0.294 e. The summed E-state index contributed by atoms with van der Waals surface area (Å²) >= 11 is 10.9. The molecule has 0 aliphatic rings. The Morgan fingerprint density at radius 3 is 0.825 bits per heavy atom. The molecule has 0 spiro atoms. The molecule has 0 N–H and O–H groups in total. The van der Waals surface area contributed by atoms with Crippen LogP contribution < -0.4 is 0 Å². The van der Waals surface area contributed by atoms with Crippen LogP contribution in [0, 0.1) is 0 Å². The highest BCUT2D eigenvalue weighted by Gasteiger charge is 2.21. The zero-order valence-corrected chi connectivity index (χ0v) is 65.5. The topological polar surface area (TPSA) is 144 Å². The molecule has 0 bridgehead atoms. The van der Waals surface area contributed by atoms with Gasteiger partial charge in [-0.1, -0.05) is 266 Å². The van der Waals surface area contributed by atoms with Crippen molar-refractivity contribution in [3.63, 3.8) is 0 Å². The van der Waals surface area contributed by atoms with Gasteiger partial charge in [-0.25, -0.2) is 49.8 Å². The number of benzene rings is 12. The van der Waals surface area contributed by atoms with Crippen molar-refractivity contribution in [2.45, 2.75) is 0 Å². The fraction of sp³-hybridized carbons (Fsp3) is 0. The van der Waals surface area contributed by atoms with Crippen LogP contribution in [0.2, 0.25) is 0 Å². The van der Waals surface area contributed by atoms with Crippen LogP contribution in [-0.4, -0.2) is 63.5 Å². The smallest absolute Gasteiger partial charge is 0.164 e. The number of aromatic nitrogens is 13. The molecule has 21 rings (SSSR count). The highest BCUT2D eigenvalue weighted by molar-refractivity contribution is 9.11. The van der Waals surface area contributed by atoms with Crippen molar-refractivity contribution in [3.05, 3.63) is 390 Å². The highest BCUT2D eigenvalue weighted by atomic mass is 79.9. The van der Waals surface area contributed by atoms with E-state index in [1.54, 1.807) is 0 Å². The monoisotopic (exact) mass is 1660 g/mol. The molecule has 114 heavy (non-hydrogen) atoms. The molecule has 0 radical (unpaired) electrons. The summed E-state index contributed by atoms with van der Waals surface area (Å²) < 4.78 is 9.76. The summed E-state index contributed by atoms with van der Waals surface area (Å²) in [6.07, 6.45) is 5.53. The second-order valence-electron chi connectivity index (χ2n) is 27.2. The maximum absolute atomic E-state index is 5.02. The van der Waals surface area contributed by atoms with E-state index in [1.165, 1.54) is 5.39 Å². The van der Waals surface area contributed by atoms with Crippen LogP contribution in [0.4, 0.5) is 0 Å². The summed E-state index contributed by atoms with van der Waals surface area (Å²) in [6, 6.07) is 122. The molecule has 9 aromatic heterocycles. The Morgan fingerprint density at radius 2 is 0.465 bits per heavy atom. The standard InChI is InChI=1S/2C33H21BrN4.C32H20BrN5/c34-25-16-17-31-28(20-25)27-15-8-18-35-33(27)38(31)26-14-7-13-24(19-26)30-21-29(22-9-3-1-4-10-22)36-32(37-30)23-11-5-2-6-12-23;34-25-15-18-31-28(20-25)27-12-7-19-35-33(27)38(31)26-16-13-23(14-17-26)30-21-29(22-8-3-1-4-9-22)36-32(37-30)24-10-5-2-6-11-24;33-24-16-17-28-27(20-24)26-15-8-18-34-32(26)38(28)25-14-7-13-23(19-25)31-36-29(21-9-3-1-4-10-21)35-30(37-31)22-11-5-2-6-12-22/h2*1-21H;1-20H. The van der Waals surface area contributed by atoms with E-state index < -0.39 is 0 Å². The van der Waals surface area contributed by atoms with Crippen LogP contribution in [0.15, 0.2) is 390 Å². The summed E-state index contributed by atoms with van der Waals surface area (Å²) in [4.78, 5) is 48.7. The number of rotatable bonds is 12. The molecular weight excluding hydrogens is 1600 g/mol. The van der Waals surface area contributed by atoms with Gasteiger partial charge in [0.05, 0.1) is 39.3 Å². The van der Waals surface area contributed by atoms with Gasteiger partial charge >= 0.3 is 0 Å². The van der Waals surface area contributed by atoms with E-state index in [4.69, 9.17) is 49.8 Å². The van der Waals surface area contributed by atoms with Gasteiger partial charge in [0.25, 0.3) is 0 Å². The normalized spacial score (nSPS) is 11.3. The number of nitrogens with zero attached hydrogens (tertiary/aromatic N) is 13. The average molecular weight is 1660 g/mol. The van der Waals surface area contributed by atoms with Gasteiger partial charge in [0.2, 0.25) is 0 Å². The van der Waals surface area contributed by atoms with Gasteiger partial charge in [-0.2, -0.15) is 0 Å². The number of fused-ring (bicyclic) bond motifs is 9. The summed E-state index contributed by atoms with van der Waals surface area (Å²) in [5.74, 6) is 3.32. The predicted molar refractivity (Wildman–Crippen MR) is 472 cm³/mol. The molecule has 540 valence electrons. The quantitative estimate of drug-likeness (QED) is 0.116. The van der Waals surface area contributed by atoms with Crippen molar-refractivity contribution in [3.8, 4) is 119 Å². The molecule has 0 aliphatic heterocycles. The predicted octanol–water partition coefficient (Wildman–Crippen LogP) is 25.6. The molecule has 0 atom stereocenters. The van der Waals surface area contributed by atoms with Crippen molar-refractivity contribution in [2.24, 2.45) is 0 Å². The molecule has 0 saturated carbocycles. The molecule has 9 heterocycles. The first-order chi connectivity index (χ1) is 56.2. The highest BCUT2D eigenvalue weighted by Crippen LogP contribution is 2.40. The lowest BCUT2D eigenvalue weighted by Gasteiger charge is -2.12. The van der Waals surface area contributed by atoms with Crippen molar-refractivity contribution in [1.29, 1.82) is 0 Å². The van der Waals surface area contributed by atoms with Crippen molar-refractivity contribution < 1.29 is 0 Å². The molecule has 0 unspecified atom stereocenters. The second kappa shape index (κ2) is 31.1. The van der Waals surface area contributed by atoms with Crippen LogP contribution in [0.5, 0.6) is 0 Å². The molecule has 0 fully saturated rings. The van der Waals surface area contributed by atoms with Crippen molar-refractivity contribution in [1.82, 2.24) is 63.5 Å². The van der Waals surface area contributed by atoms with Crippen molar-refractivity contribution >= 4 is 114 Å². The first-order valence-electron chi connectivity index (χ1n) is 37.1. The Kier molecular flexibility index (Phi) is 19.2. The number of pyridine rings is 3. The van der Waals surface area contributed by atoms with E-state index in [-0.39, 0.29) is 0 Å². The summed E-state index contributed by atoms with van der Waals surface area (Å²) in [7, 11) is 0. The van der Waals surface area contributed by atoms with E-state index in [0.717, 1.165) is 164 Å². The number of halogens is 3. The van der Waals surface area contributed by atoms with Gasteiger partial charge in [-0.15, -0.1) is 0 Å². The lowest BCUT2D eigenvalue weighted by molar-refractivity contribution is 1.07. The third-order valence-corrected chi connectivity index (χ3v) is 21.5. The van der Waals surface area contributed by atoms with E-state index in [1.807, 2.05) is 207 Å². The SMILES string of the molecule is Brc1ccc2c(c1)c1cccnc1n2-c1ccc(-c2cc(-c3ccccc3)nc(-c3ccccc3)n2)cc1.Brc1ccc2c(c1)c1cccnc1n2-c1cccc(-c2cc(-c3ccccc3)nc(-c3ccccc3)n2)c1.Brc1ccc2c(c1)c1cccnc1n2-c1cccc(-c2nc(-c3ccccc3)nc(-c3ccccc3)n2)c1. The largest absolute Gasteiger partial charge is 0.294 e. The van der Waals surface area contributed by atoms with E-state index in [2.05, 4.69) is 231 Å². The van der Waals surface area contributed by atoms with E-state index >= 15 is 0 Å². The number of hydrogen-bond donors (Lipinski definition) is 0. The third kappa shape index (κ3) is 14.1. The minimum atomic E-state index is 0.621. The Morgan fingerprint density at radius 1 is 0.184 bits per heavy atom. The summed E-state index contributed by atoms with van der Waals surface area (Å²) in [6.45, 7) is 0. The van der Waals surface area contributed by atoms with Gasteiger partial charge in [0, 0.05) is 131 Å². The zero-order chi connectivity index (χ0) is 76.4. The van der Waals surface area contributed by atoms with Gasteiger partial charge in [0.15, 0.2) is 29.1 Å². The Bertz CT molecular complexity index is 6670. The van der Waals surface area contributed by atoms with Crippen LogP contribution in [0.25, 0.3) is 185 Å². The molecule has 13 nitrogen and oxygen atoms in total. The Labute approximate surface area is 680 Å². The fourth-order valence-corrected chi connectivity index (χ4v) is 15.8. The van der Waals surface area contributed by atoms with E-state index in [9.17, 15) is 0 Å². The van der Waals surface area contributed by atoms with Gasteiger partial charge < -0.3 is 0 Å². The fourth-order valence-electron chi connectivity index (χ4n) is 14.7. The maximum Gasteiger partial charge on any atom is 0.164 e. The van der Waals surface area contributed by atoms with Crippen LogP contribution in [0.1, 0.15) is 0 Å². The van der Waals surface area contributed by atoms with Gasteiger partial charge in [-0.05, 0) is 140 Å². The molecule has 12 aromatic carbocycles. The average Bonchev–Trinajstić information content (AvgIpc) is 1.60.